The van der Waals surface area contributed by atoms with Gasteiger partial charge in [-0.3, -0.25) is 0 Å². The van der Waals surface area contributed by atoms with Crippen LogP contribution in [0.5, 0.6) is 0 Å². The highest BCUT2D eigenvalue weighted by Crippen LogP contribution is 2.44. The highest BCUT2D eigenvalue weighted by molar-refractivity contribution is 6.30. The molecule has 4 heteroatoms. The van der Waals surface area contributed by atoms with Crippen LogP contribution in [0.15, 0.2) is 61.2 Å². The maximum Gasteiger partial charge on any atom is 0.117 e. The molecule has 0 spiro atoms. The number of rotatable bonds is 4. The molecule has 0 amide bonds. The van der Waals surface area contributed by atoms with E-state index in [4.69, 9.17) is 23.2 Å². The Kier molecular flexibility index (Phi) is 5.78. The van der Waals surface area contributed by atoms with Crippen molar-refractivity contribution >= 4 is 23.2 Å². The zero-order valence-corrected chi connectivity index (χ0v) is 16.7. The van der Waals surface area contributed by atoms with Crippen LogP contribution in [0.25, 0.3) is 0 Å². The lowest BCUT2D eigenvalue weighted by Gasteiger charge is -2.49. The zero-order valence-electron chi connectivity index (χ0n) is 15.2. The van der Waals surface area contributed by atoms with Crippen molar-refractivity contribution in [2.75, 3.05) is 0 Å². The van der Waals surface area contributed by atoms with Crippen molar-refractivity contribution in [3.8, 4) is 0 Å². The van der Waals surface area contributed by atoms with Crippen LogP contribution in [0.3, 0.4) is 0 Å². The number of hydrogen-bond acceptors (Lipinski definition) is 1. The van der Waals surface area contributed by atoms with Crippen molar-refractivity contribution in [3.63, 3.8) is 0 Å². The SMILES string of the molecule is C=CCC1(O)[C@@H](C)[C@@H](c2ccc(Cl)cc2)[NH2+][C@@H](c2ccc(Cl)cc2)[C@@H]1C. The van der Waals surface area contributed by atoms with Gasteiger partial charge in [0.1, 0.15) is 12.1 Å². The predicted octanol–water partition coefficient (Wildman–Crippen LogP) is 4.93. The maximum atomic E-state index is 11.6. The van der Waals surface area contributed by atoms with E-state index in [9.17, 15) is 5.11 Å². The summed E-state index contributed by atoms with van der Waals surface area (Å²) in [4.78, 5) is 0. The van der Waals surface area contributed by atoms with E-state index in [1.54, 1.807) is 0 Å². The van der Waals surface area contributed by atoms with E-state index >= 15 is 0 Å². The Morgan fingerprint density at radius 2 is 1.31 bits per heavy atom. The second-order valence-corrected chi connectivity index (χ2v) is 8.28. The highest BCUT2D eigenvalue weighted by atomic mass is 35.5. The molecule has 0 saturated carbocycles. The molecular formula is C22H26Cl2NO+. The summed E-state index contributed by atoms with van der Waals surface area (Å²) >= 11 is 12.1. The second-order valence-electron chi connectivity index (χ2n) is 7.41. The molecule has 3 N–H and O–H groups in total. The van der Waals surface area contributed by atoms with Gasteiger partial charge in [0, 0.05) is 33.0 Å². The van der Waals surface area contributed by atoms with Crippen LogP contribution in [0.4, 0.5) is 0 Å². The molecule has 0 bridgehead atoms. The van der Waals surface area contributed by atoms with E-state index < -0.39 is 5.60 Å². The van der Waals surface area contributed by atoms with Gasteiger partial charge in [0.05, 0.1) is 5.60 Å². The van der Waals surface area contributed by atoms with Crippen LogP contribution in [0, 0.1) is 11.8 Å². The number of aliphatic hydroxyl groups is 1. The van der Waals surface area contributed by atoms with Crippen molar-refractivity contribution in [2.24, 2.45) is 11.8 Å². The third-order valence-corrected chi connectivity index (χ3v) is 6.55. The minimum atomic E-state index is -0.828. The van der Waals surface area contributed by atoms with Crippen LogP contribution >= 0.6 is 23.2 Å². The topological polar surface area (TPSA) is 36.8 Å². The molecule has 1 aliphatic rings. The van der Waals surface area contributed by atoms with Gasteiger partial charge in [0.2, 0.25) is 0 Å². The Morgan fingerprint density at radius 1 is 0.923 bits per heavy atom. The largest absolute Gasteiger partial charge is 0.388 e. The predicted molar refractivity (Wildman–Crippen MR) is 108 cm³/mol. The van der Waals surface area contributed by atoms with Gasteiger partial charge in [-0.15, -0.1) is 6.58 Å². The lowest BCUT2D eigenvalue weighted by Crippen LogP contribution is -2.93. The Hall–Kier alpha value is -1.32. The summed E-state index contributed by atoms with van der Waals surface area (Å²) in [5, 5.41) is 15.5. The fraction of sp³-hybridized carbons (Fsp3) is 0.364. The standard InChI is InChI=1S/C22H25Cl2NO/c1-4-13-22(26)14(2)20(16-5-9-18(23)10-6-16)25-21(15(22)3)17-7-11-19(24)12-8-17/h4-12,14-15,20-21,25-26H,1,13H2,2-3H3/p+1/t14-,15-,20-,21+,22?/m0/s1. The monoisotopic (exact) mass is 390 g/mol. The fourth-order valence-corrected chi connectivity index (χ4v) is 4.62. The Bertz CT molecular complexity index is 699. The van der Waals surface area contributed by atoms with E-state index in [1.807, 2.05) is 30.3 Å². The van der Waals surface area contributed by atoms with Gasteiger partial charge in [0.15, 0.2) is 0 Å². The minimum Gasteiger partial charge on any atom is -0.388 e. The Morgan fingerprint density at radius 3 is 1.65 bits per heavy atom. The first-order valence-electron chi connectivity index (χ1n) is 9.06. The zero-order chi connectivity index (χ0) is 18.9. The van der Waals surface area contributed by atoms with Gasteiger partial charge in [-0.05, 0) is 30.7 Å². The number of halogens is 2. The number of hydrogen-bond donors (Lipinski definition) is 2. The van der Waals surface area contributed by atoms with Crippen LogP contribution in [0.1, 0.15) is 43.5 Å². The smallest absolute Gasteiger partial charge is 0.117 e. The molecule has 3 rings (SSSR count). The molecule has 26 heavy (non-hydrogen) atoms. The molecule has 2 aromatic rings. The first-order valence-corrected chi connectivity index (χ1v) is 9.81. The summed E-state index contributed by atoms with van der Waals surface area (Å²) in [6.07, 6.45) is 2.40. The number of benzene rings is 2. The van der Waals surface area contributed by atoms with Gasteiger partial charge in [0.25, 0.3) is 0 Å². The quantitative estimate of drug-likeness (QED) is 0.713. The molecule has 2 nitrogen and oxygen atoms in total. The van der Waals surface area contributed by atoms with Crippen molar-refractivity contribution in [3.05, 3.63) is 82.4 Å². The first kappa shape index (κ1) is 19.4. The molecule has 138 valence electrons. The molecule has 2 aromatic carbocycles. The molecule has 1 fully saturated rings. The number of piperidine rings is 1. The summed E-state index contributed by atoms with van der Waals surface area (Å²) in [7, 11) is 0. The first-order chi connectivity index (χ1) is 12.4. The second kappa shape index (κ2) is 7.74. The van der Waals surface area contributed by atoms with Gasteiger partial charge in [-0.2, -0.15) is 0 Å². The molecule has 0 aromatic heterocycles. The van der Waals surface area contributed by atoms with E-state index in [1.165, 1.54) is 11.1 Å². The van der Waals surface area contributed by atoms with Crippen molar-refractivity contribution in [1.82, 2.24) is 0 Å². The summed E-state index contributed by atoms with van der Waals surface area (Å²) < 4.78 is 0. The summed E-state index contributed by atoms with van der Waals surface area (Å²) in [6.45, 7) is 8.15. The van der Waals surface area contributed by atoms with Crippen molar-refractivity contribution in [2.45, 2.75) is 38.0 Å². The summed E-state index contributed by atoms with van der Waals surface area (Å²) in [6, 6.07) is 16.2. The van der Waals surface area contributed by atoms with Crippen molar-refractivity contribution in [1.29, 1.82) is 0 Å². The minimum absolute atomic E-state index is 0.0697. The molecule has 1 unspecified atom stereocenters. The van der Waals surface area contributed by atoms with Crippen molar-refractivity contribution < 1.29 is 10.4 Å². The molecule has 1 saturated heterocycles. The van der Waals surface area contributed by atoms with Gasteiger partial charge < -0.3 is 10.4 Å². The lowest BCUT2D eigenvalue weighted by atomic mass is 9.65. The van der Waals surface area contributed by atoms with Crippen LogP contribution in [-0.2, 0) is 0 Å². The average Bonchev–Trinajstić information content (AvgIpc) is 2.63. The van der Waals surface area contributed by atoms with E-state index in [2.05, 4.69) is 50.0 Å². The molecule has 0 radical (unpaired) electrons. The Balaban J connectivity index is 2.03. The van der Waals surface area contributed by atoms with E-state index in [0.717, 1.165) is 10.0 Å². The van der Waals surface area contributed by atoms with Gasteiger partial charge in [-0.25, -0.2) is 0 Å². The third-order valence-electron chi connectivity index (χ3n) is 6.05. The molecular weight excluding hydrogens is 365 g/mol. The number of nitrogens with two attached hydrogens (primary N) is 1. The van der Waals surface area contributed by atoms with Crippen LogP contribution < -0.4 is 5.32 Å². The summed E-state index contributed by atoms with van der Waals surface area (Å²) in [5.74, 6) is 0.139. The third kappa shape index (κ3) is 3.57. The maximum absolute atomic E-state index is 11.6. The normalized spacial score (nSPS) is 31.6. The molecule has 0 aliphatic carbocycles. The molecule has 1 aliphatic heterocycles. The highest BCUT2D eigenvalue weighted by Gasteiger charge is 2.53. The lowest BCUT2D eigenvalue weighted by molar-refractivity contribution is -0.764. The summed E-state index contributed by atoms with van der Waals surface area (Å²) in [5.41, 5.74) is 1.52. The van der Waals surface area contributed by atoms with Crippen LogP contribution in [-0.4, -0.2) is 10.7 Å². The fourth-order valence-electron chi connectivity index (χ4n) is 4.37. The van der Waals surface area contributed by atoms with Gasteiger partial charge >= 0.3 is 0 Å². The van der Waals surface area contributed by atoms with Crippen LogP contribution in [0.2, 0.25) is 10.0 Å². The number of quaternary nitrogens is 1. The van der Waals surface area contributed by atoms with E-state index in [0.29, 0.717) is 6.42 Å². The van der Waals surface area contributed by atoms with Gasteiger partial charge in [-0.1, -0.05) is 67.4 Å². The average molecular weight is 391 g/mol. The molecule has 5 atom stereocenters. The van der Waals surface area contributed by atoms with E-state index in [-0.39, 0.29) is 23.9 Å². The Labute approximate surface area is 165 Å². The molecule has 1 heterocycles.